The number of unbranched alkanes of at least 4 members (excludes halogenated alkanes) is 2. The number of hydrogen-bond donors (Lipinski definition) is 1. The molecule has 0 bridgehead atoms. The van der Waals surface area contributed by atoms with Crippen LogP contribution in [0.2, 0.25) is 0 Å². The number of ether oxygens (including phenoxy) is 1. The molecule has 0 rings (SSSR count). The van der Waals surface area contributed by atoms with Gasteiger partial charge in [0.2, 0.25) is 0 Å². The fraction of sp³-hybridized carbons (Fsp3) is 0.692. The predicted molar refractivity (Wildman–Crippen MR) is 68.1 cm³/mol. The lowest BCUT2D eigenvalue weighted by Gasteiger charge is -2.26. The Morgan fingerprint density at radius 2 is 1.94 bits per heavy atom. The normalized spacial score (nSPS) is 10.6. The van der Waals surface area contributed by atoms with Crippen LogP contribution in [0.25, 0.3) is 0 Å². The van der Waals surface area contributed by atoms with Gasteiger partial charge in [0.15, 0.2) is 0 Å². The summed E-state index contributed by atoms with van der Waals surface area (Å²) in [6.07, 6.45) is 6.56. The summed E-state index contributed by atoms with van der Waals surface area (Å²) >= 11 is 0. The van der Waals surface area contributed by atoms with E-state index < -0.39 is 17.7 Å². The van der Waals surface area contributed by atoms with Gasteiger partial charge in [-0.25, -0.2) is 4.79 Å². The minimum atomic E-state index is -1.06. The van der Waals surface area contributed by atoms with Gasteiger partial charge in [-0.15, -0.1) is 12.3 Å². The van der Waals surface area contributed by atoms with Crippen molar-refractivity contribution < 1.29 is 19.4 Å². The zero-order valence-corrected chi connectivity index (χ0v) is 11.2. The maximum absolute atomic E-state index is 11.8. The summed E-state index contributed by atoms with van der Waals surface area (Å²) in [5.41, 5.74) is -0.632. The molecule has 0 aromatic carbocycles. The summed E-state index contributed by atoms with van der Waals surface area (Å²) in [7, 11) is 0. The van der Waals surface area contributed by atoms with E-state index in [-0.39, 0.29) is 6.54 Å². The van der Waals surface area contributed by atoms with Crippen molar-refractivity contribution in [2.45, 2.75) is 45.6 Å². The van der Waals surface area contributed by atoms with Gasteiger partial charge in [0.25, 0.3) is 0 Å². The van der Waals surface area contributed by atoms with Gasteiger partial charge in [-0.05, 0) is 33.6 Å². The number of terminal acetylenes is 1. The van der Waals surface area contributed by atoms with E-state index in [4.69, 9.17) is 16.3 Å². The van der Waals surface area contributed by atoms with Crippen molar-refractivity contribution in [3.63, 3.8) is 0 Å². The molecule has 1 amide bonds. The predicted octanol–water partition coefficient (Wildman–Crippen LogP) is 2.11. The Kier molecular flexibility index (Phi) is 6.88. The molecule has 0 radical (unpaired) electrons. The second kappa shape index (κ2) is 7.59. The van der Waals surface area contributed by atoms with E-state index in [1.807, 2.05) is 0 Å². The average Bonchev–Trinajstić information content (AvgIpc) is 2.19. The molecule has 0 aliphatic rings. The first-order chi connectivity index (χ1) is 8.26. The van der Waals surface area contributed by atoms with E-state index in [9.17, 15) is 9.59 Å². The fourth-order valence-electron chi connectivity index (χ4n) is 1.25. The molecule has 0 aromatic heterocycles. The van der Waals surface area contributed by atoms with Gasteiger partial charge in [-0.3, -0.25) is 9.69 Å². The van der Waals surface area contributed by atoms with Gasteiger partial charge in [-0.2, -0.15) is 0 Å². The number of carbonyl (C=O) groups is 2. The lowest BCUT2D eigenvalue weighted by Crippen LogP contribution is -2.40. The van der Waals surface area contributed by atoms with E-state index in [0.29, 0.717) is 19.4 Å². The molecule has 0 heterocycles. The Morgan fingerprint density at radius 3 is 2.39 bits per heavy atom. The van der Waals surface area contributed by atoms with Crippen LogP contribution in [-0.4, -0.2) is 40.8 Å². The Hall–Kier alpha value is -1.70. The average molecular weight is 255 g/mol. The molecule has 0 unspecified atom stereocenters. The van der Waals surface area contributed by atoms with Crippen molar-refractivity contribution >= 4 is 12.1 Å². The summed E-state index contributed by atoms with van der Waals surface area (Å²) in [4.78, 5) is 23.6. The summed E-state index contributed by atoms with van der Waals surface area (Å²) < 4.78 is 5.14. The van der Waals surface area contributed by atoms with Crippen LogP contribution in [0.1, 0.15) is 40.0 Å². The summed E-state index contributed by atoms with van der Waals surface area (Å²) in [5.74, 6) is 1.44. The SMILES string of the molecule is C#CCCCCN(CC(=O)O)C(=O)OC(C)(C)C. The molecule has 0 spiro atoms. The highest BCUT2D eigenvalue weighted by molar-refractivity contribution is 5.76. The zero-order chi connectivity index (χ0) is 14.2. The molecule has 0 aliphatic carbocycles. The van der Waals surface area contributed by atoms with Crippen molar-refractivity contribution in [3.8, 4) is 12.3 Å². The van der Waals surface area contributed by atoms with Gasteiger partial charge in [0.05, 0.1) is 0 Å². The minimum Gasteiger partial charge on any atom is -0.480 e. The van der Waals surface area contributed by atoms with E-state index >= 15 is 0 Å². The van der Waals surface area contributed by atoms with Crippen molar-refractivity contribution in [3.05, 3.63) is 0 Å². The third kappa shape index (κ3) is 8.45. The van der Waals surface area contributed by atoms with Crippen molar-refractivity contribution in [2.24, 2.45) is 0 Å². The largest absolute Gasteiger partial charge is 0.480 e. The Balaban J connectivity index is 4.34. The highest BCUT2D eigenvalue weighted by Gasteiger charge is 2.23. The monoisotopic (exact) mass is 255 g/mol. The maximum Gasteiger partial charge on any atom is 0.410 e. The number of hydrogen-bond acceptors (Lipinski definition) is 3. The highest BCUT2D eigenvalue weighted by atomic mass is 16.6. The van der Waals surface area contributed by atoms with E-state index in [2.05, 4.69) is 5.92 Å². The van der Waals surface area contributed by atoms with Crippen LogP contribution in [0.4, 0.5) is 4.79 Å². The number of carboxylic acids is 1. The van der Waals surface area contributed by atoms with Crippen LogP contribution in [0.3, 0.4) is 0 Å². The molecular formula is C13H21NO4. The van der Waals surface area contributed by atoms with E-state index in [1.54, 1.807) is 20.8 Å². The van der Waals surface area contributed by atoms with E-state index in [1.165, 1.54) is 4.90 Å². The summed E-state index contributed by atoms with van der Waals surface area (Å²) in [6, 6.07) is 0. The maximum atomic E-state index is 11.8. The third-order valence-corrected chi connectivity index (χ3v) is 1.98. The first-order valence-electron chi connectivity index (χ1n) is 5.89. The zero-order valence-electron chi connectivity index (χ0n) is 11.2. The second-order valence-electron chi connectivity index (χ2n) is 4.96. The van der Waals surface area contributed by atoms with Gasteiger partial charge in [0.1, 0.15) is 12.1 Å². The minimum absolute atomic E-state index is 0.336. The molecule has 0 aliphatic heterocycles. The summed E-state index contributed by atoms with van der Waals surface area (Å²) in [5, 5.41) is 8.75. The molecule has 0 fully saturated rings. The molecular weight excluding hydrogens is 234 g/mol. The molecule has 0 aromatic rings. The summed E-state index contributed by atoms with van der Waals surface area (Å²) in [6.45, 7) is 5.19. The van der Waals surface area contributed by atoms with Crippen LogP contribution < -0.4 is 0 Å². The van der Waals surface area contributed by atoms with Crippen LogP contribution in [0, 0.1) is 12.3 Å². The van der Waals surface area contributed by atoms with Gasteiger partial charge in [0, 0.05) is 13.0 Å². The number of rotatable bonds is 6. The third-order valence-electron chi connectivity index (χ3n) is 1.98. The molecule has 0 saturated carbocycles. The molecule has 5 nitrogen and oxygen atoms in total. The number of carboxylic acid groups (broad SMARTS) is 1. The number of amides is 1. The first-order valence-corrected chi connectivity index (χ1v) is 5.89. The number of carbonyl (C=O) groups excluding carboxylic acids is 1. The van der Waals surface area contributed by atoms with Crippen LogP contribution in [0.5, 0.6) is 0 Å². The van der Waals surface area contributed by atoms with Gasteiger partial charge < -0.3 is 9.84 Å². The molecule has 18 heavy (non-hydrogen) atoms. The molecule has 0 atom stereocenters. The fourth-order valence-corrected chi connectivity index (χ4v) is 1.25. The lowest BCUT2D eigenvalue weighted by molar-refractivity contribution is -0.138. The molecule has 5 heteroatoms. The van der Waals surface area contributed by atoms with Crippen LogP contribution in [-0.2, 0) is 9.53 Å². The van der Waals surface area contributed by atoms with Crippen molar-refractivity contribution in [1.82, 2.24) is 4.90 Å². The van der Waals surface area contributed by atoms with Crippen molar-refractivity contribution in [2.75, 3.05) is 13.1 Å². The Bertz CT molecular complexity index is 325. The number of aliphatic carboxylic acids is 1. The smallest absolute Gasteiger partial charge is 0.410 e. The standard InChI is InChI=1S/C13H21NO4/c1-5-6-7-8-9-14(10-11(15)16)12(17)18-13(2,3)4/h1H,6-10H2,2-4H3,(H,15,16). The molecule has 0 saturated heterocycles. The molecule has 102 valence electrons. The van der Waals surface area contributed by atoms with E-state index in [0.717, 1.165) is 6.42 Å². The lowest BCUT2D eigenvalue weighted by atomic mass is 10.2. The van der Waals surface area contributed by atoms with Crippen LogP contribution in [0.15, 0.2) is 0 Å². The highest BCUT2D eigenvalue weighted by Crippen LogP contribution is 2.10. The first kappa shape index (κ1) is 16.3. The Labute approximate surface area is 108 Å². The Morgan fingerprint density at radius 1 is 1.33 bits per heavy atom. The van der Waals surface area contributed by atoms with Gasteiger partial charge >= 0.3 is 12.1 Å². The molecule has 1 N–H and O–H groups in total. The van der Waals surface area contributed by atoms with Crippen LogP contribution >= 0.6 is 0 Å². The number of nitrogens with zero attached hydrogens (tertiary/aromatic N) is 1. The second-order valence-corrected chi connectivity index (χ2v) is 4.96. The van der Waals surface area contributed by atoms with Crippen molar-refractivity contribution in [1.29, 1.82) is 0 Å². The quantitative estimate of drug-likeness (QED) is 0.583. The topological polar surface area (TPSA) is 66.8 Å². The van der Waals surface area contributed by atoms with Gasteiger partial charge in [-0.1, -0.05) is 0 Å².